The lowest BCUT2D eigenvalue weighted by atomic mass is 10.1. The van der Waals surface area contributed by atoms with Crippen LogP contribution in [0.2, 0.25) is 0 Å². The fourth-order valence-electron chi connectivity index (χ4n) is 4.13. The summed E-state index contributed by atoms with van der Waals surface area (Å²) >= 11 is 0. The predicted octanol–water partition coefficient (Wildman–Crippen LogP) is 2.46. The van der Waals surface area contributed by atoms with Crippen LogP contribution in [0.25, 0.3) is 22.3 Å². The van der Waals surface area contributed by atoms with Crippen molar-refractivity contribution in [3.8, 4) is 22.8 Å². The standard InChI is InChI=1S/C26H33N7O5/c1-26(2,3)38-25(35)28-15-21(34)32-10-12-33(13-11-32)23-22-18(30-24(27)31-23)8-7-17(29-22)16-6-9-19(36-4)20(14-16)37-5/h6-9,14H,10-13,15H2,1-5H3,(H,28,35)(H2,27,30,31). The highest BCUT2D eigenvalue weighted by Gasteiger charge is 2.25. The molecule has 0 atom stereocenters. The molecule has 1 fully saturated rings. The largest absolute Gasteiger partial charge is 0.493 e. The summed E-state index contributed by atoms with van der Waals surface area (Å²) in [6, 6.07) is 9.32. The second-order valence-corrected chi connectivity index (χ2v) is 9.76. The van der Waals surface area contributed by atoms with Crippen LogP contribution in [0.5, 0.6) is 11.5 Å². The van der Waals surface area contributed by atoms with Crippen molar-refractivity contribution in [2.75, 3.05) is 57.6 Å². The maximum absolute atomic E-state index is 12.6. The Balaban J connectivity index is 1.50. The van der Waals surface area contributed by atoms with E-state index < -0.39 is 11.7 Å². The quantitative estimate of drug-likeness (QED) is 0.494. The zero-order valence-corrected chi connectivity index (χ0v) is 22.3. The van der Waals surface area contributed by atoms with Gasteiger partial charge in [-0.3, -0.25) is 4.79 Å². The average molecular weight is 524 g/mol. The van der Waals surface area contributed by atoms with Crippen LogP contribution in [0.15, 0.2) is 30.3 Å². The third-order valence-electron chi connectivity index (χ3n) is 5.94. The lowest BCUT2D eigenvalue weighted by molar-refractivity contribution is -0.130. The van der Waals surface area contributed by atoms with E-state index in [2.05, 4.69) is 15.3 Å². The van der Waals surface area contributed by atoms with Gasteiger partial charge in [-0.2, -0.15) is 4.98 Å². The summed E-state index contributed by atoms with van der Waals surface area (Å²) < 4.78 is 16.0. The number of nitrogens with zero attached hydrogens (tertiary/aromatic N) is 5. The molecule has 0 bridgehead atoms. The Hall–Kier alpha value is -4.35. The van der Waals surface area contributed by atoms with Crippen molar-refractivity contribution in [1.29, 1.82) is 0 Å². The van der Waals surface area contributed by atoms with E-state index in [1.807, 2.05) is 35.2 Å². The van der Waals surface area contributed by atoms with Crippen LogP contribution in [0.4, 0.5) is 16.6 Å². The zero-order valence-electron chi connectivity index (χ0n) is 22.3. The minimum Gasteiger partial charge on any atom is -0.493 e. The van der Waals surface area contributed by atoms with E-state index in [-0.39, 0.29) is 18.4 Å². The topological polar surface area (TPSA) is 145 Å². The number of benzene rings is 1. The van der Waals surface area contributed by atoms with Gasteiger partial charge in [0.1, 0.15) is 17.7 Å². The van der Waals surface area contributed by atoms with E-state index >= 15 is 0 Å². The highest BCUT2D eigenvalue weighted by molar-refractivity contribution is 5.89. The van der Waals surface area contributed by atoms with Crippen molar-refractivity contribution < 1.29 is 23.8 Å². The van der Waals surface area contributed by atoms with Gasteiger partial charge in [-0.25, -0.2) is 14.8 Å². The number of hydrogen-bond acceptors (Lipinski definition) is 10. The maximum atomic E-state index is 12.6. The summed E-state index contributed by atoms with van der Waals surface area (Å²) in [6.45, 7) is 7.12. The Bertz CT molecular complexity index is 1330. The van der Waals surface area contributed by atoms with Crippen molar-refractivity contribution in [1.82, 2.24) is 25.2 Å². The van der Waals surface area contributed by atoms with Gasteiger partial charge in [-0.15, -0.1) is 0 Å². The van der Waals surface area contributed by atoms with E-state index in [0.29, 0.717) is 54.5 Å². The van der Waals surface area contributed by atoms with Gasteiger partial charge in [0.05, 0.1) is 25.4 Å². The summed E-state index contributed by atoms with van der Waals surface area (Å²) in [7, 11) is 3.17. The van der Waals surface area contributed by atoms with Gasteiger partial charge in [0.25, 0.3) is 0 Å². The zero-order chi connectivity index (χ0) is 27.4. The lowest BCUT2D eigenvalue weighted by Gasteiger charge is -2.35. The molecule has 3 aromatic rings. The number of carbonyl (C=O) groups is 2. The highest BCUT2D eigenvalue weighted by atomic mass is 16.6. The van der Waals surface area contributed by atoms with Crippen LogP contribution in [-0.2, 0) is 9.53 Å². The number of nitrogens with one attached hydrogen (secondary N) is 1. The molecule has 3 heterocycles. The van der Waals surface area contributed by atoms with Crippen molar-refractivity contribution in [3.63, 3.8) is 0 Å². The Kier molecular flexibility index (Phi) is 7.70. The van der Waals surface area contributed by atoms with E-state index in [0.717, 1.165) is 11.3 Å². The third-order valence-corrected chi connectivity index (χ3v) is 5.94. The molecule has 1 aliphatic rings. The Morgan fingerprint density at radius 2 is 1.68 bits per heavy atom. The maximum Gasteiger partial charge on any atom is 0.408 e. The molecule has 12 heteroatoms. The van der Waals surface area contributed by atoms with Crippen LogP contribution in [0.3, 0.4) is 0 Å². The van der Waals surface area contributed by atoms with Crippen LogP contribution in [-0.4, -0.2) is 84.4 Å². The molecule has 202 valence electrons. The van der Waals surface area contributed by atoms with Crippen LogP contribution in [0.1, 0.15) is 20.8 Å². The van der Waals surface area contributed by atoms with E-state index in [4.69, 9.17) is 24.9 Å². The number of hydrogen-bond donors (Lipinski definition) is 2. The molecule has 38 heavy (non-hydrogen) atoms. The predicted molar refractivity (Wildman–Crippen MR) is 143 cm³/mol. The van der Waals surface area contributed by atoms with Crippen molar-refractivity contribution in [2.24, 2.45) is 0 Å². The van der Waals surface area contributed by atoms with Crippen LogP contribution < -0.4 is 25.4 Å². The first-order valence-electron chi connectivity index (χ1n) is 12.2. The molecule has 0 radical (unpaired) electrons. The first-order valence-corrected chi connectivity index (χ1v) is 12.2. The van der Waals surface area contributed by atoms with Crippen molar-refractivity contribution in [2.45, 2.75) is 26.4 Å². The fraction of sp³-hybridized carbons (Fsp3) is 0.423. The van der Waals surface area contributed by atoms with Gasteiger partial charge in [-0.1, -0.05) is 0 Å². The van der Waals surface area contributed by atoms with Crippen molar-refractivity contribution in [3.05, 3.63) is 30.3 Å². The van der Waals surface area contributed by atoms with Crippen LogP contribution in [0, 0.1) is 0 Å². The number of ether oxygens (including phenoxy) is 3. The molecular formula is C26H33N7O5. The number of aromatic nitrogens is 3. The number of carbonyl (C=O) groups excluding carboxylic acids is 2. The van der Waals surface area contributed by atoms with Crippen molar-refractivity contribution >= 4 is 34.8 Å². The second kappa shape index (κ2) is 11.0. The molecule has 4 rings (SSSR count). The summed E-state index contributed by atoms with van der Waals surface area (Å²) in [5.41, 5.74) is 8.18. The van der Waals surface area contributed by atoms with Gasteiger partial charge in [0.2, 0.25) is 11.9 Å². The molecule has 0 saturated carbocycles. The Morgan fingerprint density at radius 3 is 2.34 bits per heavy atom. The molecule has 2 amide bonds. The smallest absolute Gasteiger partial charge is 0.408 e. The first kappa shape index (κ1) is 26.7. The fourth-order valence-corrected chi connectivity index (χ4v) is 4.13. The number of alkyl carbamates (subject to hydrolysis) is 1. The Morgan fingerprint density at radius 1 is 0.974 bits per heavy atom. The normalized spacial score (nSPS) is 13.8. The molecule has 0 spiro atoms. The molecule has 1 aromatic carbocycles. The summed E-state index contributed by atoms with van der Waals surface area (Å²) in [6.07, 6.45) is -0.622. The molecule has 0 aliphatic carbocycles. The Labute approximate surface area is 221 Å². The number of piperazine rings is 1. The SMILES string of the molecule is COc1ccc(-c2ccc3nc(N)nc(N4CCN(C(=O)CNC(=O)OC(C)(C)C)CC4)c3n2)cc1OC. The summed E-state index contributed by atoms with van der Waals surface area (Å²) in [5, 5.41) is 2.52. The summed E-state index contributed by atoms with van der Waals surface area (Å²) in [5.74, 6) is 1.80. The first-order chi connectivity index (χ1) is 18.1. The minimum atomic E-state index is -0.631. The number of rotatable bonds is 6. The number of nitrogens with two attached hydrogens (primary N) is 1. The molecular weight excluding hydrogens is 490 g/mol. The molecule has 12 nitrogen and oxygen atoms in total. The lowest BCUT2D eigenvalue weighted by Crippen LogP contribution is -2.51. The second-order valence-electron chi connectivity index (χ2n) is 9.76. The number of anilines is 2. The van der Waals surface area contributed by atoms with E-state index in [1.165, 1.54) is 0 Å². The minimum absolute atomic E-state index is 0.130. The average Bonchev–Trinajstić information content (AvgIpc) is 2.89. The summed E-state index contributed by atoms with van der Waals surface area (Å²) in [4.78, 5) is 42.0. The molecule has 1 saturated heterocycles. The van der Waals surface area contributed by atoms with Gasteiger partial charge in [0, 0.05) is 31.7 Å². The number of methoxy groups -OCH3 is 2. The monoisotopic (exact) mass is 523 g/mol. The van der Waals surface area contributed by atoms with Crippen LogP contribution >= 0.6 is 0 Å². The van der Waals surface area contributed by atoms with E-state index in [9.17, 15) is 9.59 Å². The van der Waals surface area contributed by atoms with Gasteiger partial charge in [-0.05, 0) is 51.1 Å². The molecule has 0 unspecified atom stereocenters. The molecule has 3 N–H and O–H groups in total. The third kappa shape index (κ3) is 6.13. The van der Waals surface area contributed by atoms with E-state index in [1.54, 1.807) is 39.9 Å². The van der Waals surface area contributed by atoms with Gasteiger partial charge in [0.15, 0.2) is 17.3 Å². The highest BCUT2D eigenvalue weighted by Crippen LogP contribution is 2.33. The number of amides is 2. The molecule has 2 aromatic heterocycles. The number of nitrogen functional groups attached to an aromatic ring is 1. The van der Waals surface area contributed by atoms with Gasteiger partial charge < -0.3 is 35.1 Å². The number of pyridine rings is 1. The molecule has 1 aliphatic heterocycles. The number of fused-ring (bicyclic) bond motifs is 1. The van der Waals surface area contributed by atoms with Gasteiger partial charge >= 0.3 is 6.09 Å².